The number of amides is 1. The Hall–Kier alpha value is -0.200. The Morgan fingerprint density at radius 2 is 2.00 bits per heavy atom. The van der Waals surface area contributed by atoms with E-state index >= 15 is 0 Å². The van der Waals surface area contributed by atoms with E-state index in [0.29, 0.717) is 12.2 Å². The van der Waals surface area contributed by atoms with E-state index in [1.54, 1.807) is 0 Å². The van der Waals surface area contributed by atoms with Crippen LogP contribution in [-0.2, 0) is 9.59 Å². The second kappa shape index (κ2) is 9.99. The van der Waals surface area contributed by atoms with Crippen LogP contribution in [0.1, 0.15) is 32.1 Å². The first kappa shape index (κ1) is 15.8. The highest BCUT2D eigenvalue weighted by molar-refractivity contribution is 8.13. The minimum Gasteiger partial charge on any atom is -0.388 e. The first-order valence-electron chi connectivity index (χ1n) is 5.29. The fourth-order valence-electron chi connectivity index (χ4n) is 1.18. The first-order chi connectivity index (χ1) is 7.56. The Morgan fingerprint density at radius 1 is 1.31 bits per heavy atom. The molecule has 1 amide bonds. The molecule has 0 heterocycles. The molecule has 0 spiro atoms. The number of carbonyl (C=O) groups excluding carboxylic acids is 2. The molecule has 0 aromatic heterocycles. The van der Waals surface area contributed by atoms with Crippen LogP contribution in [0.25, 0.3) is 0 Å². The van der Waals surface area contributed by atoms with Gasteiger partial charge in [0, 0.05) is 17.4 Å². The van der Waals surface area contributed by atoms with Crippen LogP contribution in [0.2, 0.25) is 0 Å². The van der Waals surface area contributed by atoms with Gasteiger partial charge in [0.25, 0.3) is 0 Å². The van der Waals surface area contributed by atoms with Gasteiger partial charge in [-0.1, -0.05) is 18.2 Å². The molecule has 0 aliphatic heterocycles. The number of primary amides is 1. The lowest BCUT2D eigenvalue weighted by molar-refractivity contribution is -0.118. The van der Waals surface area contributed by atoms with Crippen LogP contribution in [0, 0.1) is 0 Å². The zero-order valence-corrected chi connectivity index (χ0v) is 10.9. The van der Waals surface area contributed by atoms with Gasteiger partial charge in [-0.3, -0.25) is 9.59 Å². The van der Waals surface area contributed by atoms with Gasteiger partial charge in [0.2, 0.25) is 11.0 Å². The second-order valence-electron chi connectivity index (χ2n) is 3.53. The maximum atomic E-state index is 10.8. The Balaban J connectivity index is 3.34. The van der Waals surface area contributed by atoms with Crippen LogP contribution in [0.4, 0.5) is 0 Å². The lowest BCUT2D eigenvalue weighted by atomic mass is 10.1. The van der Waals surface area contributed by atoms with Crippen molar-refractivity contribution in [2.75, 3.05) is 12.4 Å². The molecule has 0 saturated carbocycles. The van der Waals surface area contributed by atoms with Crippen LogP contribution in [0.3, 0.4) is 0 Å². The Labute approximate surface area is 106 Å². The molecule has 6 heteroatoms. The van der Waals surface area contributed by atoms with Crippen LogP contribution < -0.4 is 5.73 Å². The molecule has 0 aromatic carbocycles. The third kappa shape index (κ3) is 10.3. The summed E-state index contributed by atoms with van der Waals surface area (Å²) in [7, 11) is 0. The summed E-state index contributed by atoms with van der Waals surface area (Å²) < 4.78 is 0. The summed E-state index contributed by atoms with van der Waals surface area (Å²) in [5, 5.41) is 8.53. The summed E-state index contributed by atoms with van der Waals surface area (Å²) in [6, 6.07) is 0. The molecule has 0 bridgehead atoms. The predicted octanol–water partition coefficient (Wildman–Crippen LogP) is 0.973. The average molecular weight is 265 g/mol. The number of nitrogens with two attached hydrogens (primary N) is 1. The number of thioether (sulfide) groups is 1. The SMILES string of the molecule is NC(=O)CCCC[C@@H](S)CCSC(=O)CO. The fraction of sp³-hybridized carbons (Fsp3) is 0.800. The molecule has 94 valence electrons. The topological polar surface area (TPSA) is 80.4 Å². The zero-order chi connectivity index (χ0) is 12.4. The van der Waals surface area contributed by atoms with Gasteiger partial charge in [0.05, 0.1) is 0 Å². The Bertz CT molecular complexity index is 224. The number of hydrogen-bond acceptors (Lipinski definition) is 5. The highest BCUT2D eigenvalue weighted by atomic mass is 32.2. The van der Waals surface area contributed by atoms with E-state index in [-0.39, 0.29) is 16.3 Å². The molecule has 0 aliphatic carbocycles. The summed E-state index contributed by atoms with van der Waals surface area (Å²) in [6.45, 7) is -0.402. The van der Waals surface area contributed by atoms with E-state index < -0.39 is 6.61 Å². The van der Waals surface area contributed by atoms with Crippen LogP contribution in [-0.4, -0.2) is 33.7 Å². The lowest BCUT2D eigenvalue weighted by Crippen LogP contribution is -2.10. The monoisotopic (exact) mass is 265 g/mol. The highest BCUT2D eigenvalue weighted by Gasteiger charge is 2.06. The van der Waals surface area contributed by atoms with Gasteiger partial charge < -0.3 is 10.8 Å². The van der Waals surface area contributed by atoms with E-state index in [0.717, 1.165) is 37.4 Å². The molecule has 1 atom stereocenters. The van der Waals surface area contributed by atoms with E-state index in [1.807, 2.05) is 0 Å². The van der Waals surface area contributed by atoms with Gasteiger partial charge >= 0.3 is 0 Å². The maximum absolute atomic E-state index is 10.8. The van der Waals surface area contributed by atoms with E-state index in [4.69, 9.17) is 10.8 Å². The minimum absolute atomic E-state index is 0.200. The number of unbranched alkanes of at least 4 members (excludes halogenated alkanes) is 1. The van der Waals surface area contributed by atoms with Gasteiger partial charge in [0.15, 0.2) is 0 Å². The van der Waals surface area contributed by atoms with Gasteiger partial charge in [-0.05, 0) is 19.3 Å². The molecule has 0 saturated heterocycles. The summed E-state index contributed by atoms with van der Waals surface area (Å²) in [4.78, 5) is 21.2. The molecule has 0 rings (SSSR count). The molecule has 3 N–H and O–H groups in total. The third-order valence-corrected chi connectivity index (χ3v) is 3.46. The van der Waals surface area contributed by atoms with Crippen LogP contribution in [0.5, 0.6) is 0 Å². The van der Waals surface area contributed by atoms with Gasteiger partial charge in [-0.2, -0.15) is 12.6 Å². The molecule has 16 heavy (non-hydrogen) atoms. The van der Waals surface area contributed by atoms with Gasteiger partial charge in [-0.25, -0.2) is 0 Å². The molecule has 0 aliphatic rings. The van der Waals surface area contributed by atoms with Crippen molar-refractivity contribution in [3.63, 3.8) is 0 Å². The van der Waals surface area contributed by atoms with Crippen molar-refractivity contribution in [1.82, 2.24) is 0 Å². The summed E-state index contributed by atoms with van der Waals surface area (Å²) >= 11 is 5.52. The van der Waals surface area contributed by atoms with Crippen molar-refractivity contribution in [1.29, 1.82) is 0 Å². The zero-order valence-electron chi connectivity index (χ0n) is 9.22. The number of carbonyl (C=O) groups is 2. The quantitative estimate of drug-likeness (QED) is 0.429. The number of aliphatic hydroxyl groups excluding tert-OH is 1. The molecule has 0 unspecified atom stereocenters. The van der Waals surface area contributed by atoms with Crippen LogP contribution in [0.15, 0.2) is 0 Å². The van der Waals surface area contributed by atoms with Crippen molar-refractivity contribution >= 4 is 35.4 Å². The van der Waals surface area contributed by atoms with E-state index in [2.05, 4.69) is 12.6 Å². The van der Waals surface area contributed by atoms with Crippen molar-refractivity contribution in [2.24, 2.45) is 5.73 Å². The van der Waals surface area contributed by atoms with Crippen molar-refractivity contribution in [3.8, 4) is 0 Å². The normalized spacial score (nSPS) is 12.4. The maximum Gasteiger partial charge on any atom is 0.217 e. The summed E-state index contributed by atoms with van der Waals surface area (Å²) in [6.07, 6.45) is 3.91. The number of rotatable bonds is 9. The molecule has 0 radical (unpaired) electrons. The second-order valence-corrected chi connectivity index (χ2v) is 5.42. The molecular weight excluding hydrogens is 246 g/mol. The molecular formula is C10H19NO3S2. The molecule has 0 aromatic rings. The smallest absolute Gasteiger partial charge is 0.217 e. The van der Waals surface area contributed by atoms with Crippen molar-refractivity contribution in [3.05, 3.63) is 0 Å². The number of aliphatic hydroxyl groups is 1. The molecule has 4 nitrogen and oxygen atoms in total. The average Bonchev–Trinajstić information content (AvgIpc) is 2.24. The van der Waals surface area contributed by atoms with Crippen molar-refractivity contribution in [2.45, 2.75) is 37.4 Å². The minimum atomic E-state index is -0.402. The van der Waals surface area contributed by atoms with Crippen LogP contribution >= 0.6 is 24.4 Å². The Kier molecular flexibility index (Phi) is 9.86. The van der Waals surface area contributed by atoms with Gasteiger partial charge in [-0.15, -0.1) is 0 Å². The third-order valence-electron chi connectivity index (χ3n) is 2.05. The Morgan fingerprint density at radius 3 is 2.56 bits per heavy atom. The fourth-order valence-corrected chi connectivity index (χ4v) is 2.39. The number of thiol groups is 1. The largest absolute Gasteiger partial charge is 0.388 e. The number of hydrogen-bond donors (Lipinski definition) is 3. The predicted molar refractivity (Wildman–Crippen MR) is 69.6 cm³/mol. The van der Waals surface area contributed by atoms with E-state index in [9.17, 15) is 9.59 Å². The highest BCUT2D eigenvalue weighted by Crippen LogP contribution is 2.15. The van der Waals surface area contributed by atoms with E-state index in [1.165, 1.54) is 0 Å². The summed E-state index contributed by atoms with van der Waals surface area (Å²) in [5.74, 6) is 0.420. The standard InChI is InChI=1S/C10H19NO3S2/c11-9(13)4-2-1-3-8(15)5-6-16-10(14)7-12/h8,12,15H,1-7H2,(H2,11,13)/t8-/m1/s1. The lowest BCUT2D eigenvalue weighted by Gasteiger charge is -2.08. The summed E-state index contributed by atoms with van der Waals surface area (Å²) in [5.41, 5.74) is 5.02. The van der Waals surface area contributed by atoms with Gasteiger partial charge in [0.1, 0.15) is 6.61 Å². The van der Waals surface area contributed by atoms with Crippen molar-refractivity contribution < 1.29 is 14.7 Å². The first-order valence-corrected chi connectivity index (χ1v) is 6.79. The molecule has 0 fully saturated rings.